The lowest BCUT2D eigenvalue weighted by atomic mass is 10.2. The zero-order valence-electron chi connectivity index (χ0n) is 11.9. The fourth-order valence-corrected chi connectivity index (χ4v) is 1.59. The lowest BCUT2D eigenvalue weighted by Crippen LogP contribution is -2.40. The molecule has 0 saturated carbocycles. The lowest BCUT2D eigenvalue weighted by Gasteiger charge is -2.13. The average molecular weight is 315 g/mol. The molecular weight excluding hydrogens is 296 g/mol. The summed E-state index contributed by atoms with van der Waals surface area (Å²) in [4.78, 5) is 20.4. The van der Waals surface area contributed by atoms with Crippen molar-refractivity contribution in [1.82, 2.24) is 5.32 Å². The second-order valence-corrected chi connectivity index (χ2v) is 4.85. The van der Waals surface area contributed by atoms with Gasteiger partial charge in [-0.1, -0.05) is 42.7 Å². The van der Waals surface area contributed by atoms with E-state index in [2.05, 4.69) is 10.5 Å². The molecule has 0 saturated heterocycles. The third-order valence-corrected chi connectivity index (χ3v) is 2.46. The van der Waals surface area contributed by atoms with E-state index in [1.54, 1.807) is 24.3 Å². The van der Waals surface area contributed by atoms with Gasteiger partial charge in [0.25, 0.3) is 0 Å². The molecule has 0 heterocycles. The molecule has 1 aromatic carbocycles. The fraction of sp³-hybridized carbons (Fsp3) is 0.357. The smallest absolute Gasteiger partial charge is 0.321 e. The second kappa shape index (κ2) is 10.8. The number of nitrogens with zero attached hydrogens (tertiary/aromatic N) is 1. The molecule has 0 spiro atoms. The monoisotopic (exact) mass is 314 g/mol. The Labute approximate surface area is 128 Å². The first-order valence-electron chi connectivity index (χ1n) is 6.26. The molecule has 0 aliphatic heterocycles. The molecular formula is C14H19ClN2O4. The SMILES string of the molecule is CC(C)NC(CC=O)C(=O)O.ON=Cc1cccc(Cl)c1. The van der Waals surface area contributed by atoms with Crippen LogP contribution < -0.4 is 5.32 Å². The van der Waals surface area contributed by atoms with E-state index in [0.29, 0.717) is 11.3 Å². The molecule has 21 heavy (non-hydrogen) atoms. The molecule has 7 heteroatoms. The van der Waals surface area contributed by atoms with E-state index in [9.17, 15) is 9.59 Å². The predicted molar refractivity (Wildman–Crippen MR) is 81.2 cm³/mol. The van der Waals surface area contributed by atoms with E-state index < -0.39 is 12.0 Å². The average Bonchev–Trinajstić information content (AvgIpc) is 2.39. The molecule has 0 radical (unpaired) electrons. The Morgan fingerprint density at radius 3 is 2.57 bits per heavy atom. The minimum atomic E-state index is -0.981. The number of carboxylic acid groups (broad SMARTS) is 1. The van der Waals surface area contributed by atoms with Crippen molar-refractivity contribution in [3.05, 3.63) is 34.9 Å². The first kappa shape index (κ1) is 19.1. The highest BCUT2D eigenvalue weighted by Crippen LogP contribution is 2.08. The van der Waals surface area contributed by atoms with Crippen molar-refractivity contribution in [1.29, 1.82) is 0 Å². The summed E-state index contributed by atoms with van der Waals surface area (Å²) in [6.07, 6.45) is 1.95. The summed E-state index contributed by atoms with van der Waals surface area (Å²) >= 11 is 5.64. The summed E-state index contributed by atoms with van der Waals surface area (Å²) in [5, 5.41) is 22.9. The Balaban J connectivity index is 0.000000382. The van der Waals surface area contributed by atoms with Crippen LogP contribution in [0.2, 0.25) is 5.02 Å². The van der Waals surface area contributed by atoms with E-state index in [0.717, 1.165) is 5.56 Å². The third kappa shape index (κ3) is 9.59. The van der Waals surface area contributed by atoms with Gasteiger partial charge >= 0.3 is 5.97 Å². The number of rotatable bonds is 6. The molecule has 1 rings (SSSR count). The number of hydrogen-bond donors (Lipinski definition) is 3. The van der Waals surface area contributed by atoms with Gasteiger partial charge in [0.2, 0.25) is 0 Å². The molecule has 1 aromatic rings. The summed E-state index contributed by atoms with van der Waals surface area (Å²) in [6, 6.07) is 6.39. The fourth-order valence-electron chi connectivity index (χ4n) is 1.39. The molecule has 6 nitrogen and oxygen atoms in total. The summed E-state index contributed by atoms with van der Waals surface area (Å²) in [7, 11) is 0. The van der Waals surface area contributed by atoms with Crippen LogP contribution in [0.5, 0.6) is 0 Å². The van der Waals surface area contributed by atoms with E-state index in [-0.39, 0.29) is 12.5 Å². The van der Waals surface area contributed by atoms with Gasteiger partial charge in [0, 0.05) is 17.5 Å². The highest BCUT2D eigenvalue weighted by atomic mass is 35.5. The zero-order valence-corrected chi connectivity index (χ0v) is 12.6. The number of hydrogen-bond acceptors (Lipinski definition) is 5. The van der Waals surface area contributed by atoms with Gasteiger partial charge in [-0.05, 0) is 17.7 Å². The van der Waals surface area contributed by atoms with Crippen molar-refractivity contribution in [3.63, 3.8) is 0 Å². The standard InChI is InChI=1S/C7H6ClNO.C7H13NO3/c8-7-3-1-2-6(4-7)5-9-10;1-5(2)8-6(3-4-9)7(10)11/h1-5,10H;4-6,8H,3H2,1-2H3,(H,10,11). The van der Waals surface area contributed by atoms with Crippen LogP contribution in [0.4, 0.5) is 0 Å². The number of aliphatic carboxylic acids is 1. The second-order valence-electron chi connectivity index (χ2n) is 4.41. The Bertz CT molecular complexity index is 478. The quantitative estimate of drug-likeness (QED) is 0.323. The number of halogens is 1. The third-order valence-electron chi connectivity index (χ3n) is 2.22. The van der Waals surface area contributed by atoms with E-state index >= 15 is 0 Å². The number of nitrogens with one attached hydrogen (secondary N) is 1. The van der Waals surface area contributed by atoms with Crippen molar-refractivity contribution in [2.45, 2.75) is 32.4 Å². The molecule has 1 atom stereocenters. The Hall–Kier alpha value is -1.92. The maximum Gasteiger partial charge on any atom is 0.321 e. The largest absolute Gasteiger partial charge is 0.480 e. The summed E-state index contributed by atoms with van der Waals surface area (Å²) in [6.45, 7) is 3.67. The van der Waals surface area contributed by atoms with Crippen molar-refractivity contribution >= 4 is 30.1 Å². The van der Waals surface area contributed by atoms with Crippen LogP contribution in [-0.2, 0) is 9.59 Å². The highest BCUT2D eigenvalue weighted by molar-refractivity contribution is 6.30. The number of carbonyl (C=O) groups is 2. The molecule has 0 aliphatic rings. The molecule has 116 valence electrons. The van der Waals surface area contributed by atoms with Crippen LogP contribution in [0.25, 0.3) is 0 Å². The van der Waals surface area contributed by atoms with Crippen LogP contribution >= 0.6 is 11.6 Å². The molecule has 3 N–H and O–H groups in total. The van der Waals surface area contributed by atoms with E-state index in [1.165, 1.54) is 6.21 Å². The Morgan fingerprint density at radius 1 is 1.48 bits per heavy atom. The Morgan fingerprint density at radius 2 is 2.14 bits per heavy atom. The van der Waals surface area contributed by atoms with Gasteiger partial charge in [0.1, 0.15) is 12.3 Å². The van der Waals surface area contributed by atoms with Crippen LogP contribution in [0, 0.1) is 0 Å². The van der Waals surface area contributed by atoms with E-state index in [4.69, 9.17) is 21.9 Å². The molecule has 0 aliphatic carbocycles. The van der Waals surface area contributed by atoms with Crippen LogP contribution in [0.15, 0.2) is 29.4 Å². The number of aldehydes is 1. The summed E-state index contributed by atoms with van der Waals surface area (Å²) in [5.41, 5.74) is 0.787. The summed E-state index contributed by atoms with van der Waals surface area (Å²) < 4.78 is 0. The first-order chi connectivity index (χ1) is 9.90. The predicted octanol–water partition coefficient (Wildman–Crippen LogP) is 2.17. The number of benzene rings is 1. The van der Waals surface area contributed by atoms with Crippen molar-refractivity contribution < 1.29 is 19.9 Å². The first-order valence-corrected chi connectivity index (χ1v) is 6.64. The topological polar surface area (TPSA) is 99.0 Å². The van der Waals surface area contributed by atoms with Crippen LogP contribution in [0.1, 0.15) is 25.8 Å². The van der Waals surface area contributed by atoms with Gasteiger partial charge < -0.3 is 20.4 Å². The van der Waals surface area contributed by atoms with Gasteiger partial charge in [-0.15, -0.1) is 0 Å². The van der Waals surface area contributed by atoms with Crippen LogP contribution in [-0.4, -0.2) is 40.9 Å². The molecule has 0 bridgehead atoms. The number of carbonyl (C=O) groups excluding carboxylic acids is 1. The van der Waals surface area contributed by atoms with Crippen molar-refractivity contribution in [2.24, 2.45) is 5.16 Å². The number of oxime groups is 1. The van der Waals surface area contributed by atoms with Gasteiger partial charge in [-0.3, -0.25) is 4.79 Å². The zero-order chi connectivity index (χ0) is 16.3. The van der Waals surface area contributed by atoms with Crippen molar-refractivity contribution in [3.8, 4) is 0 Å². The molecule has 0 fully saturated rings. The van der Waals surface area contributed by atoms with Crippen LogP contribution in [0.3, 0.4) is 0 Å². The lowest BCUT2D eigenvalue weighted by molar-refractivity contribution is -0.140. The van der Waals surface area contributed by atoms with Gasteiger partial charge in [0.05, 0.1) is 6.21 Å². The maximum atomic E-state index is 10.4. The summed E-state index contributed by atoms with van der Waals surface area (Å²) in [5.74, 6) is -0.981. The van der Waals surface area contributed by atoms with Gasteiger partial charge in [-0.2, -0.15) is 0 Å². The highest BCUT2D eigenvalue weighted by Gasteiger charge is 2.16. The molecule has 0 amide bonds. The van der Waals surface area contributed by atoms with Crippen molar-refractivity contribution in [2.75, 3.05) is 0 Å². The number of carboxylic acids is 1. The maximum absolute atomic E-state index is 10.4. The molecule has 1 unspecified atom stereocenters. The minimum Gasteiger partial charge on any atom is -0.480 e. The van der Waals surface area contributed by atoms with Gasteiger partial charge in [-0.25, -0.2) is 0 Å². The van der Waals surface area contributed by atoms with Gasteiger partial charge in [0.15, 0.2) is 0 Å². The molecule has 0 aromatic heterocycles. The minimum absolute atomic E-state index is 0.0213. The normalized spacial score (nSPS) is 11.8. The van der Waals surface area contributed by atoms with E-state index in [1.807, 2.05) is 13.8 Å². The Kier molecular flexibility index (Phi) is 9.83.